The predicted molar refractivity (Wildman–Crippen MR) is 69.3 cm³/mol. The van der Waals surface area contributed by atoms with Crippen molar-refractivity contribution in [1.82, 2.24) is 13.9 Å². The van der Waals surface area contributed by atoms with Gasteiger partial charge >= 0.3 is 0 Å². The third-order valence-electron chi connectivity index (χ3n) is 4.00. The molecule has 106 valence electrons. The van der Waals surface area contributed by atoms with Crippen molar-refractivity contribution in [2.24, 2.45) is 5.92 Å². The van der Waals surface area contributed by atoms with Gasteiger partial charge in [-0.15, -0.1) is 0 Å². The van der Waals surface area contributed by atoms with Gasteiger partial charge in [-0.05, 0) is 38.3 Å². The summed E-state index contributed by atoms with van der Waals surface area (Å²) in [6, 6.07) is 0.0501. The van der Waals surface area contributed by atoms with E-state index in [1.807, 2.05) is 0 Å². The van der Waals surface area contributed by atoms with Gasteiger partial charge in [0.2, 0.25) is 0 Å². The first-order valence-corrected chi connectivity index (χ1v) is 8.04. The fraction of sp³-hybridized carbons (Fsp3) is 1.00. The third kappa shape index (κ3) is 3.21. The molecular weight excluding hydrogens is 254 g/mol. The summed E-state index contributed by atoms with van der Waals surface area (Å²) in [5, 5.41) is 8.74. The second-order valence-corrected chi connectivity index (χ2v) is 7.08. The van der Waals surface area contributed by atoms with Crippen LogP contribution < -0.4 is 4.72 Å². The topological polar surface area (TPSA) is 72.9 Å². The van der Waals surface area contributed by atoms with E-state index < -0.39 is 10.2 Å². The monoisotopic (exact) mass is 277 g/mol. The van der Waals surface area contributed by atoms with E-state index in [0.717, 1.165) is 32.5 Å². The zero-order valence-corrected chi connectivity index (χ0v) is 11.7. The maximum Gasteiger partial charge on any atom is 0.279 e. The Hall–Kier alpha value is -0.210. The molecule has 0 aromatic heterocycles. The number of aliphatic hydroxyl groups excluding tert-OH is 1. The minimum Gasteiger partial charge on any atom is -0.396 e. The first-order valence-electron chi connectivity index (χ1n) is 6.60. The molecule has 3 heterocycles. The Balaban J connectivity index is 1.91. The Labute approximate surface area is 109 Å². The number of nitrogens with zero attached hydrogens (tertiary/aromatic N) is 2. The average Bonchev–Trinajstić information content (AvgIpc) is 2.36. The molecule has 0 radical (unpaired) electrons. The molecule has 3 aliphatic heterocycles. The maximum absolute atomic E-state index is 12.1. The number of hydrogen-bond donors (Lipinski definition) is 2. The Morgan fingerprint density at radius 1 is 1.39 bits per heavy atom. The van der Waals surface area contributed by atoms with Gasteiger partial charge in [0.25, 0.3) is 10.2 Å². The SMILES string of the molecule is CN(CCCO)S(=O)(=O)NC1CN2CCC1CC2. The van der Waals surface area contributed by atoms with Crippen LogP contribution in [-0.2, 0) is 10.2 Å². The minimum absolute atomic E-state index is 0.0136. The van der Waals surface area contributed by atoms with Crippen LogP contribution in [-0.4, -0.2) is 68.6 Å². The van der Waals surface area contributed by atoms with Crippen molar-refractivity contribution in [3.63, 3.8) is 0 Å². The first-order chi connectivity index (χ1) is 8.53. The minimum atomic E-state index is -3.41. The van der Waals surface area contributed by atoms with Crippen LogP contribution in [0.3, 0.4) is 0 Å². The van der Waals surface area contributed by atoms with Crippen molar-refractivity contribution < 1.29 is 13.5 Å². The maximum atomic E-state index is 12.1. The number of piperidine rings is 3. The summed E-state index contributed by atoms with van der Waals surface area (Å²) in [6.45, 7) is 3.40. The Bertz CT molecular complexity index is 366. The number of rotatable bonds is 6. The molecule has 1 unspecified atom stereocenters. The molecule has 3 saturated heterocycles. The second kappa shape index (κ2) is 5.83. The van der Waals surface area contributed by atoms with E-state index in [0.29, 0.717) is 18.9 Å². The van der Waals surface area contributed by atoms with Crippen LogP contribution in [0.1, 0.15) is 19.3 Å². The normalized spacial score (nSPS) is 32.1. The standard InChI is InChI=1S/C11H23N3O3S/c1-13(5-2-8-15)18(16,17)12-11-9-14-6-3-10(11)4-7-14/h10-12,15H,2-9H2,1H3. The van der Waals surface area contributed by atoms with E-state index in [-0.39, 0.29) is 12.6 Å². The van der Waals surface area contributed by atoms with Crippen molar-refractivity contribution >= 4 is 10.2 Å². The quantitative estimate of drug-likeness (QED) is 0.669. The highest BCUT2D eigenvalue weighted by Gasteiger charge is 2.36. The fourth-order valence-electron chi connectivity index (χ4n) is 2.79. The molecule has 0 amide bonds. The van der Waals surface area contributed by atoms with Crippen LogP contribution in [0, 0.1) is 5.92 Å². The number of nitrogens with one attached hydrogen (secondary N) is 1. The van der Waals surface area contributed by atoms with Gasteiger partial charge in [-0.2, -0.15) is 17.4 Å². The Morgan fingerprint density at radius 2 is 2.06 bits per heavy atom. The summed E-state index contributed by atoms with van der Waals surface area (Å²) in [6.07, 6.45) is 2.65. The summed E-state index contributed by atoms with van der Waals surface area (Å²) in [7, 11) is -1.85. The van der Waals surface area contributed by atoms with E-state index in [4.69, 9.17) is 5.11 Å². The van der Waals surface area contributed by atoms with Crippen molar-refractivity contribution in [3.05, 3.63) is 0 Å². The lowest BCUT2D eigenvalue weighted by Crippen LogP contribution is -2.58. The van der Waals surface area contributed by atoms with Gasteiger partial charge in [-0.3, -0.25) is 0 Å². The van der Waals surface area contributed by atoms with Gasteiger partial charge in [-0.25, -0.2) is 0 Å². The van der Waals surface area contributed by atoms with Gasteiger partial charge in [-0.1, -0.05) is 0 Å². The van der Waals surface area contributed by atoms with E-state index in [9.17, 15) is 8.42 Å². The van der Waals surface area contributed by atoms with Crippen LogP contribution in [0.2, 0.25) is 0 Å². The predicted octanol–water partition coefficient (Wildman–Crippen LogP) is -0.771. The van der Waals surface area contributed by atoms with Gasteiger partial charge in [0, 0.05) is 32.8 Å². The zero-order chi connectivity index (χ0) is 13.2. The first kappa shape index (κ1) is 14.2. The molecule has 2 bridgehead atoms. The largest absolute Gasteiger partial charge is 0.396 e. The molecular formula is C11H23N3O3S. The molecule has 0 aliphatic carbocycles. The van der Waals surface area contributed by atoms with Crippen LogP contribution in [0.25, 0.3) is 0 Å². The molecule has 3 fully saturated rings. The van der Waals surface area contributed by atoms with E-state index in [2.05, 4.69) is 9.62 Å². The van der Waals surface area contributed by atoms with Crippen molar-refractivity contribution in [3.8, 4) is 0 Å². The molecule has 3 aliphatic rings. The number of aliphatic hydroxyl groups is 1. The van der Waals surface area contributed by atoms with Crippen LogP contribution in [0.15, 0.2) is 0 Å². The van der Waals surface area contributed by atoms with Gasteiger partial charge in [0.15, 0.2) is 0 Å². The van der Waals surface area contributed by atoms with E-state index in [1.54, 1.807) is 7.05 Å². The summed E-state index contributed by atoms with van der Waals surface area (Å²) in [4.78, 5) is 2.32. The number of fused-ring (bicyclic) bond motifs is 3. The Morgan fingerprint density at radius 3 is 2.56 bits per heavy atom. The van der Waals surface area contributed by atoms with Gasteiger partial charge in [0.1, 0.15) is 0 Å². The molecule has 6 nitrogen and oxygen atoms in total. The number of hydrogen-bond acceptors (Lipinski definition) is 4. The van der Waals surface area contributed by atoms with Crippen molar-refractivity contribution in [2.45, 2.75) is 25.3 Å². The van der Waals surface area contributed by atoms with Crippen LogP contribution >= 0.6 is 0 Å². The van der Waals surface area contributed by atoms with Crippen LogP contribution in [0.4, 0.5) is 0 Å². The summed E-state index contributed by atoms with van der Waals surface area (Å²) in [5.74, 6) is 0.482. The lowest BCUT2D eigenvalue weighted by Gasteiger charge is -2.45. The molecule has 1 atom stereocenters. The Kier molecular flexibility index (Phi) is 4.60. The van der Waals surface area contributed by atoms with Crippen molar-refractivity contribution in [2.75, 3.05) is 39.8 Å². The highest BCUT2D eigenvalue weighted by atomic mass is 32.2. The summed E-state index contributed by atoms with van der Waals surface area (Å²) >= 11 is 0. The smallest absolute Gasteiger partial charge is 0.279 e. The highest BCUT2D eigenvalue weighted by molar-refractivity contribution is 7.87. The second-order valence-electron chi connectivity index (χ2n) is 5.27. The molecule has 0 aromatic rings. The lowest BCUT2D eigenvalue weighted by atomic mass is 9.85. The van der Waals surface area contributed by atoms with E-state index in [1.165, 1.54) is 4.31 Å². The lowest BCUT2D eigenvalue weighted by molar-refractivity contribution is 0.0819. The van der Waals surface area contributed by atoms with Gasteiger partial charge < -0.3 is 10.0 Å². The molecule has 18 heavy (non-hydrogen) atoms. The molecule has 0 aromatic carbocycles. The third-order valence-corrected chi connectivity index (χ3v) is 5.60. The molecule has 0 saturated carbocycles. The average molecular weight is 277 g/mol. The molecule has 2 N–H and O–H groups in total. The van der Waals surface area contributed by atoms with Crippen molar-refractivity contribution in [1.29, 1.82) is 0 Å². The fourth-order valence-corrected chi connectivity index (χ4v) is 3.99. The highest BCUT2D eigenvalue weighted by Crippen LogP contribution is 2.27. The zero-order valence-electron chi connectivity index (χ0n) is 10.9. The summed E-state index contributed by atoms with van der Waals surface area (Å²) < 4.78 is 28.3. The summed E-state index contributed by atoms with van der Waals surface area (Å²) in [5.41, 5.74) is 0. The van der Waals surface area contributed by atoms with Crippen LogP contribution in [0.5, 0.6) is 0 Å². The molecule has 3 rings (SSSR count). The van der Waals surface area contributed by atoms with E-state index >= 15 is 0 Å². The van der Waals surface area contributed by atoms with Gasteiger partial charge in [0.05, 0.1) is 0 Å². The molecule has 0 spiro atoms. The molecule has 7 heteroatoms.